The second-order valence-corrected chi connectivity index (χ2v) is 8.44. The highest BCUT2D eigenvalue weighted by molar-refractivity contribution is 6.04. The third-order valence-corrected chi connectivity index (χ3v) is 5.78. The summed E-state index contributed by atoms with van der Waals surface area (Å²) in [7, 11) is 0. The zero-order chi connectivity index (χ0) is 26.2. The average Bonchev–Trinajstić information content (AvgIpc) is 3.34. The monoisotopic (exact) mass is 502 g/mol. The minimum absolute atomic E-state index is 0.0979. The fraction of sp³-hybridized carbons (Fsp3) is 0.0741. The number of aromatic amines is 1. The summed E-state index contributed by atoms with van der Waals surface area (Å²) in [6, 6.07) is 18.6. The molecule has 10 heteroatoms. The Morgan fingerprint density at radius 1 is 0.973 bits per heavy atom. The quantitative estimate of drug-likeness (QED) is 0.204. The molecule has 0 spiro atoms. The lowest BCUT2D eigenvalue weighted by Gasteiger charge is -2.13. The first-order valence-corrected chi connectivity index (χ1v) is 11.2. The number of carbonyl (C=O) groups is 1. The summed E-state index contributed by atoms with van der Waals surface area (Å²) in [6.45, 7) is 1.87. The third kappa shape index (κ3) is 5.08. The van der Waals surface area contributed by atoms with Gasteiger partial charge < -0.3 is 21.4 Å². The van der Waals surface area contributed by atoms with Gasteiger partial charge in [-0.25, -0.2) is 9.97 Å². The Morgan fingerprint density at radius 3 is 2.51 bits per heavy atom. The third-order valence-electron chi connectivity index (χ3n) is 5.78. The first-order chi connectivity index (χ1) is 17.7. The van der Waals surface area contributed by atoms with Crippen molar-refractivity contribution in [2.75, 3.05) is 16.4 Å². The molecule has 0 radical (unpaired) electrons. The summed E-state index contributed by atoms with van der Waals surface area (Å²) in [4.78, 5) is 25.1. The molecule has 5 rings (SSSR count). The van der Waals surface area contributed by atoms with Crippen molar-refractivity contribution < 1.29 is 18.0 Å². The maximum absolute atomic E-state index is 13.0. The number of anilines is 4. The van der Waals surface area contributed by atoms with Crippen LogP contribution < -0.4 is 16.4 Å². The van der Waals surface area contributed by atoms with Crippen molar-refractivity contribution in [1.82, 2.24) is 15.0 Å². The maximum atomic E-state index is 13.0. The van der Waals surface area contributed by atoms with Crippen LogP contribution in [0.25, 0.3) is 22.3 Å². The Bertz CT molecular complexity index is 1610. The van der Waals surface area contributed by atoms with Gasteiger partial charge in [-0.15, -0.1) is 0 Å². The molecule has 2 heterocycles. The van der Waals surface area contributed by atoms with E-state index in [0.29, 0.717) is 34.2 Å². The zero-order valence-corrected chi connectivity index (χ0v) is 19.5. The number of nitrogen functional groups attached to an aromatic ring is 1. The molecular weight excluding hydrogens is 481 g/mol. The number of aryl methyl sites for hydroxylation is 1. The molecule has 0 aliphatic heterocycles. The second kappa shape index (κ2) is 9.30. The van der Waals surface area contributed by atoms with E-state index in [4.69, 9.17) is 10.7 Å². The highest BCUT2D eigenvalue weighted by atomic mass is 19.4. The van der Waals surface area contributed by atoms with Crippen molar-refractivity contribution in [3.63, 3.8) is 0 Å². The lowest BCUT2D eigenvalue weighted by atomic mass is 10.1. The van der Waals surface area contributed by atoms with Crippen LogP contribution in [-0.4, -0.2) is 20.9 Å². The van der Waals surface area contributed by atoms with Crippen LogP contribution in [-0.2, 0) is 6.18 Å². The van der Waals surface area contributed by atoms with Crippen LogP contribution in [0.2, 0.25) is 0 Å². The van der Waals surface area contributed by atoms with E-state index in [2.05, 4.69) is 20.6 Å². The summed E-state index contributed by atoms with van der Waals surface area (Å²) in [5, 5.41) is 5.85. The molecule has 0 atom stereocenters. The molecule has 5 N–H and O–H groups in total. The van der Waals surface area contributed by atoms with Gasteiger partial charge >= 0.3 is 6.18 Å². The van der Waals surface area contributed by atoms with Gasteiger partial charge in [0.25, 0.3) is 5.91 Å². The van der Waals surface area contributed by atoms with E-state index in [1.165, 1.54) is 12.1 Å². The minimum atomic E-state index is -4.54. The molecule has 0 fully saturated rings. The second-order valence-electron chi connectivity index (χ2n) is 8.44. The summed E-state index contributed by atoms with van der Waals surface area (Å²) < 4.78 is 39.1. The Morgan fingerprint density at radius 2 is 1.76 bits per heavy atom. The van der Waals surface area contributed by atoms with Gasteiger partial charge in [-0.3, -0.25) is 4.79 Å². The lowest BCUT2D eigenvalue weighted by Crippen LogP contribution is -2.14. The van der Waals surface area contributed by atoms with Crippen LogP contribution in [0.5, 0.6) is 0 Å². The summed E-state index contributed by atoms with van der Waals surface area (Å²) >= 11 is 0. The number of nitrogens with two attached hydrogens (primary N) is 1. The van der Waals surface area contributed by atoms with Crippen molar-refractivity contribution in [3.05, 3.63) is 95.7 Å². The van der Waals surface area contributed by atoms with Crippen LogP contribution in [0.15, 0.2) is 79.0 Å². The van der Waals surface area contributed by atoms with Crippen molar-refractivity contribution in [2.24, 2.45) is 0 Å². The topological polar surface area (TPSA) is 109 Å². The van der Waals surface area contributed by atoms with Gasteiger partial charge in [-0.1, -0.05) is 24.3 Å². The van der Waals surface area contributed by atoms with Crippen LogP contribution in [0.4, 0.5) is 36.2 Å². The fourth-order valence-electron chi connectivity index (χ4n) is 3.85. The van der Waals surface area contributed by atoms with Crippen LogP contribution >= 0.6 is 0 Å². The van der Waals surface area contributed by atoms with Gasteiger partial charge in [0, 0.05) is 34.4 Å². The maximum Gasteiger partial charge on any atom is 0.416 e. The minimum Gasteiger partial charge on any atom is -0.399 e. The van der Waals surface area contributed by atoms with Gasteiger partial charge in [-0.2, -0.15) is 13.2 Å². The summed E-state index contributed by atoms with van der Waals surface area (Å²) in [5.41, 5.74) is 10.4. The number of hydrogen-bond acceptors (Lipinski definition) is 5. The first-order valence-electron chi connectivity index (χ1n) is 11.2. The summed E-state index contributed by atoms with van der Waals surface area (Å²) in [5.74, 6) is -0.320. The first kappa shape index (κ1) is 23.9. The van der Waals surface area contributed by atoms with Gasteiger partial charge in [0.05, 0.1) is 22.3 Å². The number of H-pyrrole nitrogens is 1. The highest BCUT2D eigenvalue weighted by Crippen LogP contribution is 2.31. The number of halogens is 3. The average molecular weight is 503 g/mol. The Kier molecular flexibility index (Phi) is 6.00. The molecule has 0 unspecified atom stereocenters. The van der Waals surface area contributed by atoms with E-state index in [9.17, 15) is 18.0 Å². The van der Waals surface area contributed by atoms with E-state index in [1.807, 2.05) is 25.1 Å². The van der Waals surface area contributed by atoms with Crippen molar-refractivity contribution in [2.45, 2.75) is 13.1 Å². The van der Waals surface area contributed by atoms with Crippen LogP contribution in [0, 0.1) is 6.92 Å². The van der Waals surface area contributed by atoms with Gasteiger partial charge in [0.2, 0.25) is 5.95 Å². The van der Waals surface area contributed by atoms with Crippen LogP contribution in [0.3, 0.4) is 0 Å². The van der Waals surface area contributed by atoms with E-state index >= 15 is 0 Å². The van der Waals surface area contributed by atoms with Crippen molar-refractivity contribution >= 4 is 40.0 Å². The molecule has 1 amide bonds. The molecule has 0 aliphatic rings. The summed E-state index contributed by atoms with van der Waals surface area (Å²) in [6.07, 6.45) is -2.76. The zero-order valence-electron chi connectivity index (χ0n) is 19.5. The number of aromatic nitrogens is 3. The molecule has 5 aromatic rings. The SMILES string of the molecule is Cc1ccc(NC(=O)c2cccc(C(F)(F)F)c2)cc1Nc1nc(-c2ccc(N)cc2)c2[nH]ccc2n1. The number of amides is 1. The Balaban J connectivity index is 1.43. The van der Waals surface area contributed by atoms with Crippen molar-refractivity contribution in [3.8, 4) is 11.3 Å². The fourth-order valence-corrected chi connectivity index (χ4v) is 3.85. The smallest absolute Gasteiger partial charge is 0.399 e. The van der Waals surface area contributed by atoms with Gasteiger partial charge in [0.1, 0.15) is 0 Å². The van der Waals surface area contributed by atoms with E-state index in [-0.39, 0.29) is 5.56 Å². The molecule has 186 valence electrons. The number of nitrogens with one attached hydrogen (secondary N) is 3. The van der Waals surface area contributed by atoms with E-state index in [1.54, 1.807) is 36.5 Å². The Hall–Kier alpha value is -4.86. The van der Waals surface area contributed by atoms with Gasteiger partial charge in [-0.05, 0) is 61.0 Å². The number of fused-ring (bicyclic) bond motifs is 1. The van der Waals surface area contributed by atoms with E-state index in [0.717, 1.165) is 28.8 Å². The standard InChI is InChI=1S/C27H21F3N6O/c1-15-5-10-20(33-25(37)17-3-2-4-18(13-17)27(28,29)30)14-22(15)35-26-34-21-11-12-32-24(21)23(36-26)16-6-8-19(31)9-7-16/h2-14,32H,31H2,1H3,(H,33,37)(H,34,35,36). The predicted octanol–water partition coefficient (Wildman–Crippen LogP) is 6.53. The number of rotatable bonds is 5. The van der Waals surface area contributed by atoms with Crippen LogP contribution in [0.1, 0.15) is 21.5 Å². The van der Waals surface area contributed by atoms with E-state index < -0.39 is 17.6 Å². The molecule has 0 aliphatic carbocycles. The number of alkyl halides is 3. The molecule has 37 heavy (non-hydrogen) atoms. The molecule has 0 bridgehead atoms. The normalized spacial score (nSPS) is 11.5. The molecule has 7 nitrogen and oxygen atoms in total. The number of nitrogens with zero attached hydrogens (tertiary/aromatic N) is 2. The Labute approximate surface area is 209 Å². The molecule has 0 saturated carbocycles. The molecule has 0 saturated heterocycles. The number of carbonyl (C=O) groups excluding carboxylic acids is 1. The molecule has 2 aromatic heterocycles. The highest BCUT2D eigenvalue weighted by Gasteiger charge is 2.30. The molecular formula is C27H21F3N6O. The lowest BCUT2D eigenvalue weighted by molar-refractivity contribution is -0.137. The van der Waals surface area contributed by atoms with Crippen molar-refractivity contribution in [1.29, 1.82) is 0 Å². The largest absolute Gasteiger partial charge is 0.416 e. The number of hydrogen-bond donors (Lipinski definition) is 4. The van der Waals surface area contributed by atoms with Gasteiger partial charge in [0.15, 0.2) is 0 Å². The molecule has 3 aromatic carbocycles. The predicted molar refractivity (Wildman–Crippen MR) is 138 cm³/mol. The number of benzene rings is 3.